The van der Waals surface area contributed by atoms with E-state index in [-0.39, 0.29) is 11.8 Å². The molecule has 5 N–H and O–H groups in total. The molecule has 0 spiro atoms. The molecule has 1 rings (SSSR count). The van der Waals surface area contributed by atoms with Gasteiger partial charge in [-0.15, -0.1) is 0 Å². The van der Waals surface area contributed by atoms with Crippen molar-refractivity contribution in [3.63, 3.8) is 0 Å². The Kier molecular flexibility index (Phi) is 4.20. The van der Waals surface area contributed by atoms with Gasteiger partial charge in [0.15, 0.2) is 0 Å². The Morgan fingerprint density at radius 1 is 1.43 bits per heavy atom. The van der Waals surface area contributed by atoms with E-state index in [1.165, 1.54) is 0 Å². The molecule has 0 fully saturated rings. The molecular weight excluding hydrogens is 200 g/mol. The van der Waals surface area contributed by atoms with E-state index in [1.54, 1.807) is 18.2 Å². The lowest BCUT2D eigenvalue weighted by atomic mass is 10.0. The third-order valence-electron chi connectivity index (χ3n) is 2.12. The van der Waals surface area contributed by atoms with Crippen LogP contribution in [0.4, 0.5) is 0 Å². The molecule has 78 valence electrons. The summed E-state index contributed by atoms with van der Waals surface area (Å²) in [6.07, 6.45) is 1.72. The van der Waals surface area contributed by atoms with Crippen LogP contribution in [0.5, 0.6) is 5.75 Å². The summed E-state index contributed by atoms with van der Waals surface area (Å²) in [5, 5.41) is 9.55. The summed E-state index contributed by atoms with van der Waals surface area (Å²) in [7, 11) is 0. The Balaban J connectivity index is 2.70. The minimum atomic E-state index is -0.0587. The third-order valence-corrected chi connectivity index (χ3v) is 2.42. The number of phenolic OH excluding ortho intramolecular Hbond substituents is 1. The van der Waals surface area contributed by atoms with Gasteiger partial charge in [-0.25, -0.2) is 0 Å². The average molecular weight is 215 g/mol. The first-order valence-corrected chi connectivity index (χ1v) is 4.97. The SMILES string of the molecule is NCCC[C@@H](N)c1ccc(O)c(Cl)c1. The Morgan fingerprint density at radius 3 is 2.71 bits per heavy atom. The van der Waals surface area contributed by atoms with E-state index in [2.05, 4.69) is 0 Å². The maximum atomic E-state index is 9.21. The molecule has 0 bridgehead atoms. The topological polar surface area (TPSA) is 72.3 Å². The molecule has 0 amide bonds. The Morgan fingerprint density at radius 2 is 2.14 bits per heavy atom. The summed E-state index contributed by atoms with van der Waals surface area (Å²) in [4.78, 5) is 0. The Labute approximate surface area is 88.7 Å². The highest BCUT2D eigenvalue weighted by Gasteiger charge is 2.07. The second kappa shape index (κ2) is 5.20. The monoisotopic (exact) mass is 214 g/mol. The summed E-state index contributed by atoms with van der Waals surface area (Å²) in [5.74, 6) is 0.0847. The highest BCUT2D eigenvalue weighted by Crippen LogP contribution is 2.27. The predicted octanol–water partition coefficient (Wildman–Crippen LogP) is 1.78. The molecule has 0 radical (unpaired) electrons. The van der Waals surface area contributed by atoms with Crippen LogP contribution < -0.4 is 11.5 Å². The highest BCUT2D eigenvalue weighted by molar-refractivity contribution is 6.32. The number of benzene rings is 1. The molecule has 4 heteroatoms. The zero-order valence-corrected chi connectivity index (χ0v) is 8.67. The van der Waals surface area contributed by atoms with Crippen molar-refractivity contribution in [3.05, 3.63) is 28.8 Å². The molecule has 1 aromatic rings. The minimum Gasteiger partial charge on any atom is -0.506 e. The first-order valence-electron chi connectivity index (χ1n) is 4.59. The maximum absolute atomic E-state index is 9.21. The number of phenols is 1. The van der Waals surface area contributed by atoms with Crippen molar-refractivity contribution in [3.8, 4) is 5.75 Å². The molecule has 0 unspecified atom stereocenters. The maximum Gasteiger partial charge on any atom is 0.134 e. The fraction of sp³-hybridized carbons (Fsp3) is 0.400. The van der Waals surface area contributed by atoms with Gasteiger partial charge in [0.25, 0.3) is 0 Å². The zero-order chi connectivity index (χ0) is 10.6. The largest absolute Gasteiger partial charge is 0.506 e. The van der Waals surface area contributed by atoms with Gasteiger partial charge in [-0.05, 0) is 37.1 Å². The van der Waals surface area contributed by atoms with Crippen LogP contribution in [-0.2, 0) is 0 Å². The number of nitrogens with two attached hydrogens (primary N) is 2. The summed E-state index contributed by atoms with van der Waals surface area (Å²) in [5.41, 5.74) is 12.2. The fourth-order valence-electron chi connectivity index (χ4n) is 1.26. The van der Waals surface area contributed by atoms with E-state index >= 15 is 0 Å². The Hall–Kier alpha value is -0.770. The lowest BCUT2D eigenvalue weighted by Gasteiger charge is -2.11. The number of hydrogen-bond acceptors (Lipinski definition) is 3. The molecule has 0 aliphatic carbocycles. The summed E-state index contributed by atoms with van der Waals surface area (Å²) in [6.45, 7) is 0.638. The van der Waals surface area contributed by atoms with Crippen LogP contribution >= 0.6 is 11.6 Å². The van der Waals surface area contributed by atoms with Gasteiger partial charge in [0.2, 0.25) is 0 Å². The van der Waals surface area contributed by atoms with Gasteiger partial charge in [-0.2, -0.15) is 0 Å². The van der Waals surface area contributed by atoms with Gasteiger partial charge >= 0.3 is 0 Å². The van der Waals surface area contributed by atoms with Crippen LogP contribution in [0.2, 0.25) is 5.02 Å². The minimum absolute atomic E-state index is 0.0587. The van der Waals surface area contributed by atoms with Crippen LogP contribution in [0.25, 0.3) is 0 Å². The van der Waals surface area contributed by atoms with Crippen molar-refractivity contribution in [2.24, 2.45) is 11.5 Å². The van der Waals surface area contributed by atoms with Gasteiger partial charge in [-0.1, -0.05) is 17.7 Å². The van der Waals surface area contributed by atoms with E-state index in [1.807, 2.05) is 0 Å². The van der Waals surface area contributed by atoms with Crippen molar-refractivity contribution in [1.82, 2.24) is 0 Å². The molecule has 0 aliphatic heterocycles. The van der Waals surface area contributed by atoms with Crippen molar-refractivity contribution in [2.45, 2.75) is 18.9 Å². The van der Waals surface area contributed by atoms with Crippen LogP contribution in [-0.4, -0.2) is 11.7 Å². The summed E-state index contributed by atoms with van der Waals surface area (Å²) >= 11 is 5.76. The van der Waals surface area contributed by atoms with Crippen molar-refractivity contribution >= 4 is 11.6 Å². The molecular formula is C10H15ClN2O. The van der Waals surface area contributed by atoms with Crippen molar-refractivity contribution < 1.29 is 5.11 Å². The van der Waals surface area contributed by atoms with Crippen LogP contribution in [0, 0.1) is 0 Å². The van der Waals surface area contributed by atoms with Gasteiger partial charge < -0.3 is 16.6 Å². The first-order chi connectivity index (χ1) is 6.65. The molecule has 0 heterocycles. The molecule has 1 atom stereocenters. The highest BCUT2D eigenvalue weighted by atomic mass is 35.5. The lowest BCUT2D eigenvalue weighted by Crippen LogP contribution is -2.12. The van der Waals surface area contributed by atoms with E-state index in [9.17, 15) is 5.11 Å². The number of hydrogen-bond donors (Lipinski definition) is 3. The smallest absolute Gasteiger partial charge is 0.134 e. The van der Waals surface area contributed by atoms with Gasteiger partial charge in [0.1, 0.15) is 5.75 Å². The molecule has 0 saturated heterocycles. The van der Waals surface area contributed by atoms with Gasteiger partial charge in [-0.3, -0.25) is 0 Å². The van der Waals surface area contributed by atoms with E-state index < -0.39 is 0 Å². The van der Waals surface area contributed by atoms with E-state index in [0.717, 1.165) is 18.4 Å². The summed E-state index contributed by atoms with van der Waals surface area (Å²) in [6, 6.07) is 4.97. The number of halogens is 1. The molecule has 3 nitrogen and oxygen atoms in total. The lowest BCUT2D eigenvalue weighted by molar-refractivity contribution is 0.475. The van der Waals surface area contributed by atoms with Crippen molar-refractivity contribution in [2.75, 3.05) is 6.54 Å². The standard InChI is InChI=1S/C10H15ClN2O/c11-8-6-7(3-4-10(8)14)9(13)2-1-5-12/h3-4,6,9,14H,1-2,5,12-13H2/t9-/m1/s1. The molecule has 1 aromatic carbocycles. The van der Waals surface area contributed by atoms with Gasteiger partial charge in [0.05, 0.1) is 5.02 Å². The first kappa shape index (κ1) is 11.3. The van der Waals surface area contributed by atoms with Crippen LogP contribution in [0.15, 0.2) is 18.2 Å². The number of rotatable bonds is 4. The van der Waals surface area contributed by atoms with E-state index in [4.69, 9.17) is 23.1 Å². The average Bonchev–Trinajstić information content (AvgIpc) is 2.18. The zero-order valence-electron chi connectivity index (χ0n) is 7.91. The van der Waals surface area contributed by atoms with Crippen molar-refractivity contribution in [1.29, 1.82) is 0 Å². The third kappa shape index (κ3) is 2.87. The number of aromatic hydroxyl groups is 1. The quantitative estimate of drug-likeness (QED) is 0.716. The molecule has 0 saturated carbocycles. The van der Waals surface area contributed by atoms with Crippen LogP contribution in [0.3, 0.4) is 0 Å². The second-order valence-electron chi connectivity index (χ2n) is 3.25. The second-order valence-corrected chi connectivity index (χ2v) is 3.66. The van der Waals surface area contributed by atoms with E-state index in [0.29, 0.717) is 11.6 Å². The summed E-state index contributed by atoms with van der Waals surface area (Å²) < 4.78 is 0. The van der Waals surface area contributed by atoms with Crippen LogP contribution in [0.1, 0.15) is 24.4 Å². The fourth-order valence-corrected chi connectivity index (χ4v) is 1.45. The predicted molar refractivity (Wildman–Crippen MR) is 58.3 cm³/mol. The molecule has 0 aliphatic rings. The Bertz CT molecular complexity index is 304. The normalized spacial score (nSPS) is 12.8. The van der Waals surface area contributed by atoms with Gasteiger partial charge in [0, 0.05) is 6.04 Å². The molecule has 0 aromatic heterocycles. The molecule has 14 heavy (non-hydrogen) atoms.